The molecular formula is C14H17ClN2O4. The Hall–Kier alpha value is -1.95. The van der Waals surface area contributed by atoms with Gasteiger partial charge in [0.1, 0.15) is 17.0 Å². The number of hydrogen-bond acceptors (Lipinski definition) is 4. The van der Waals surface area contributed by atoms with Gasteiger partial charge < -0.3 is 9.47 Å². The van der Waals surface area contributed by atoms with E-state index in [1.165, 1.54) is 7.11 Å². The molecule has 1 aromatic carbocycles. The van der Waals surface area contributed by atoms with Crippen LogP contribution in [0.15, 0.2) is 12.1 Å². The summed E-state index contributed by atoms with van der Waals surface area (Å²) >= 11 is 5.55. The molecule has 2 rings (SSSR count). The number of carbonyl (C=O) groups excluding carboxylic acids is 2. The van der Waals surface area contributed by atoms with Crippen molar-refractivity contribution in [2.75, 3.05) is 12.1 Å². The number of amides is 2. The molecule has 7 heteroatoms. The van der Waals surface area contributed by atoms with Crippen molar-refractivity contribution in [1.82, 2.24) is 5.43 Å². The SMILES string of the molecule is COC(=O)NN(C(=O)Cl)c1ccc(C)c2c1OC(C)(C)C2. The Morgan fingerprint density at radius 3 is 2.67 bits per heavy atom. The van der Waals surface area contributed by atoms with Gasteiger partial charge in [-0.2, -0.15) is 0 Å². The van der Waals surface area contributed by atoms with E-state index in [1.54, 1.807) is 6.07 Å². The van der Waals surface area contributed by atoms with Gasteiger partial charge in [0.15, 0.2) is 0 Å². The third-order valence-corrected chi connectivity index (χ3v) is 3.43. The minimum Gasteiger partial charge on any atom is -0.485 e. The molecule has 1 aliphatic heterocycles. The smallest absolute Gasteiger partial charge is 0.426 e. The van der Waals surface area contributed by atoms with Crippen LogP contribution in [0, 0.1) is 6.92 Å². The summed E-state index contributed by atoms with van der Waals surface area (Å²) in [6.45, 7) is 5.88. The van der Waals surface area contributed by atoms with Crippen LogP contribution in [0.4, 0.5) is 15.3 Å². The number of aryl methyl sites for hydroxylation is 1. The molecule has 1 aromatic rings. The molecule has 2 amide bonds. The second-order valence-corrected chi connectivity index (χ2v) is 5.76. The fourth-order valence-electron chi connectivity index (χ4n) is 2.30. The van der Waals surface area contributed by atoms with Crippen molar-refractivity contribution in [2.24, 2.45) is 0 Å². The molecule has 1 N–H and O–H groups in total. The summed E-state index contributed by atoms with van der Waals surface area (Å²) < 4.78 is 10.4. The van der Waals surface area contributed by atoms with Gasteiger partial charge in [0.2, 0.25) is 0 Å². The predicted molar refractivity (Wildman–Crippen MR) is 78.9 cm³/mol. The van der Waals surface area contributed by atoms with Crippen molar-refractivity contribution < 1.29 is 19.1 Å². The van der Waals surface area contributed by atoms with Gasteiger partial charge in [-0.05, 0) is 44.0 Å². The largest absolute Gasteiger partial charge is 0.485 e. The monoisotopic (exact) mass is 312 g/mol. The van der Waals surface area contributed by atoms with E-state index in [2.05, 4.69) is 10.2 Å². The molecule has 0 aliphatic carbocycles. The number of nitrogens with one attached hydrogen (secondary N) is 1. The van der Waals surface area contributed by atoms with Crippen LogP contribution in [-0.2, 0) is 11.2 Å². The highest BCUT2D eigenvalue weighted by molar-refractivity contribution is 6.66. The van der Waals surface area contributed by atoms with Gasteiger partial charge in [0.25, 0.3) is 0 Å². The third kappa shape index (κ3) is 3.05. The normalized spacial score (nSPS) is 14.9. The first kappa shape index (κ1) is 15.4. The summed E-state index contributed by atoms with van der Waals surface area (Å²) in [5.74, 6) is 0.547. The Labute approximate surface area is 127 Å². The molecule has 0 fully saturated rings. The lowest BCUT2D eigenvalue weighted by molar-refractivity contribution is 0.138. The Balaban J connectivity index is 2.47. The predicted octanol–water partition coefficient (Wildman–Crippen LogP) is 3.14. The quantitative estimate of drug-likeness (QED) is 0.491. The number of anilines is 1. The van der Waals surface area contributed by atoms with Crippen LogP contribution in [0.5, 0.6) is 5.75 Å². The number of hydrazine groups is 1. The Morgan fingerprint density at radius 1 is 1.43 bits per heavy atom. The number of halogens is 1. The van der Waals surface area contributed by atoms with Crippen LogP contribution in [0.3, 0.4) is 0 Å². The summed E-state index contributed by atoms with van der Waals surface area (Å²) in [6.07, 6.45) is -0.0829. The van der Waals surface area contributed by atoms with Crippen LogP contribution in [0.25, 0.3) is 0 Å². The second kappa shape index (κ2) is 5.44. The number of ether oxygens (including phenoxy) is 2. The van der Waals surface area contributed by atoms with Gasteiger partial charge in [-0.1, -0.05) is 6.07 Å². The lowest BCUT2D eigenvalue weighted by atomic mass is 9.97. The number of nitrogens with zero attached hydrogens (tertiary/aromatic N) is 1. The van der Waals surface area contributed by atoms with Gasteiger partial charge in [-0.25, -0.2) is 15.2 Å². The zero-order chi connectivity index (χ0) is 15.8. The van der Waals surface area contributed by atoms with Crippen molar-refractivity contribution in [1.29, 1.82) is 0 Å². The zero-order valence-electron chi connectivity index (χ0n) is 12.3. The van der Waals surface area contributed by atoms with E-state index < -0.39 is 11.5 Å². The van der Waals surface area contributed by atoms with Crippen LogP contribution >= 0.6 is 11.6 Å². The number of hydrogen-bond donors (Lipinski definition) is 1. The molecule has 0 saturated heterocycles. The lowest BCUT2D eigenvalue weighted by Crippen LogP contribution is -2.44. The number of benzene rings is 1. The second-order valence-electron chi connectivity index (χ2n) is 5.44. The average Bonchev–Trinajstić information content (AvgIpc) is 2.73. The zero-order valence-corrected chi connectivity index (χ0v) is 13.1. The maximum absolute atomic E-state index is 11.6. The van der Waals surface area contributed by atoms with Crippen LogP contribution < -0.4 is 15.2 Å². The summed E-state index contributed by atoms with van der Waals surface area (Å²) in [6, 6.07) is 3.52. The van der Waals surface area contributed by atoms with Gasteiger partial charge in [-0.3, -0.25) is 4.79 Å². The average molecular weight is 313 g/mol. The van der Waals surface area contributed by atoms with E-state index in [9.17, 15) is 9.59 Å². The molecule has 0 bridgehead atoms. The summed E-state index contributed by atoms with van der Waals surface area (Å²) in [5.41, 5.74) is 4.32. The van der Waals surface area contributed by atoms with Gasteiger partial charge >= 0.3 is 11.5 Å². The standard InChI is InChI=1S/C14H17ClN2O4/c1-8-5-6-10(11-9(8)7-14(2,3)21-11)17(12(15)18)16-13(19)20-4/h5-6H,7H2,1-4H3,(H,16,19). The van der Waals surface area contributed by atoms with Gasteiger partial charge in [-0.15, -0.1) is 0 Å². The molecule has 114 valence electrons. The van der Waals surface area contributed by atoms with E-state index in [0.29, 0.717) is 17.9 Å². The first-order valence-corrected chi connectivity index (χ1v) is 6.78. The van der Waals surface area contributed by atoms with Crippen LogP contribution in [-0.4, -0.2) is 24.2 Å². The van der Waals surface area contributed by atoms with E-state index >= 15 is 0 Å². The maximum atomic E-state index is 11.6. The van der Waals surface area contributed by atoms with E-state index in [-0.39, 0.29) is 5.60 Å². The number of rotatable bonds is 1. The van der Waals surface area contributed by atoms with Crippen molar-refractivity contribution in [2.45, 2.75) is 32.8 Å². The van der Waals surface area contributed by atoms with Crippen molar-refractivity contribution in [3.63, 3.8) is 0 Å². The molecule has 1 aliphatic rings. The highest BCUT2D eigenvalue weighted by Crippen LogP contribution is 2.43. The lowest BCUT2D eigenvalue weighted by Gasteiger charge is -2.23. The van der Waals surface area contributed by atoms with Crippen molar-refractivity contribution >= 4 is 28.7 Å². The molecule has 0 unspecified atom stereocenters. The van der Waals surface area contributed by atoms with Crippen LogP contribution in [0.2, 0.25) is 0 Å². The maximum Gasteiger partial charge on any atom is 0.426 e. The molecule has 0 spiro atoms. The molecule has 0 radical (unpaired) electrons. The van der Waals surface area contributed by atoms with E-state index in [4.69, 9.17) is 16.3 Å². The van der Waals surface area contributed by atoms with Crippen LogP contribution in [0.1, 0.15) is 25.0 Å². The summed E-state index contributed by atoms with van der Waals surface area (Å²) in [7, 11) is 1.20. The minimum atomic E-state index is -0.861. The highest BCUT2D eigenvalue weighted by atomic mass is 35.5. The third-order valence-electron chi connectivity index (χ3n) is 3.26. The summed E-state index contributed by atoms with van der Waals surface area (Å²) in [4.78, 5) is 23.0. The fourth-order valence-corrected chi connectivity index (χ4v) is 2.43. The molecule has 0 atom stereocenters. The number of methoxy groups -OCH3 is 1. The number of carbonyl (C=O) groups is 2. The Morgan fingerprint density at radius 2 is 2.10 bits per heavy atom. The first-order valence-electron chi connectivity index (χ1n) is 6.41. The number of fused-ring (bicyclic) bond motifs is 1. The molecule has 1 heterocycles. The Kier molecular flexibility index (Phi) is 4.00. The van der Waals surface area contributed by atoms with Gasteiger partial charge in [0, 0.05) is 12.0 Å². The van der Waals surface area contributed by atoms with E-state index in [1.807, 2.05) is 26.8 Å². The molecule has 21 heavy (non-hydrogen) atoms. The molecule has 0 aromatic heterocycles. The molecular weight excluding hydrogens is 296 g/mol. The van der Waals surface area contributed by atoms with Gasteiger partial charge in [0.05, 0.1) is 7.11 Å². The highest BCUT2D eigenvalue weighted by Gasteiger charge is 2.35. The molecule has 0 saturated carbocycles. The topological polar surface area (TPSA) is 67.9 Å². The van der Waals surface area contributed by atoms with Crippen molar-refractivity contribution in [3.05, 3.63) is 23.3 Å². The van der Waals surface area contributed by atoms with E-state index in [0.717, 1.165) is 16.1 Å². The Bertz CT molecular complexity index is 601. The minimum absolute atomic E-state index is 0.379. The first-order chi connectivity index (χ1) is 9.75. The van der Waals surface area contributed by atoms with Crippen molar-refractivity contribution in [3.8, 4) is 5.75 Å². The fraction of sp³-hybridized carbons (Fsp3) is 0.429. The molecule has 6 nitrogen and oxygen atoms in total. The summed E-state index contributed by atoms with van der Waals surface area (Å²) in [5, 5.41) is 0.0484.